The van der Waals surface area contributed by atoms with Crippen LogP contribution in [0.4, 0.5) is 0 Å². The molecule has 1 heterocycles. The zero-order valence-corrected chi connectivity index (χ0v) is 18.2. The molecule has 0 bridgehead atoms. The first-order valence-corrected chi connectivity index (χ1v) is 9.92. The smallest absolute Gasteiger partial charge is 0.225 e. The molecule has 2 aromatic carbocycles. The quantitative estimate of drug-likeness (QED) is 0.750. The summed E-state index contributed by atoms with van der Waals surface area (Å²) in [5.41, 5.74) is 3.01. The van der Waals surface area contributed by atoms with E-state index in [1.807, 2.05) is 60.4 Å². The second kappa shape index (κ2) is 10.6. The first-order chi connectivity index (χ1) is 13.5. The van der Waals surface area contributed by atoms with Crippen molar-refractivity contribution in [3.63, 3.8) is 0 Å². The van der Waals surface area contributed by atoms with Crippen LogP contribution in [0.3, 0.4) is 0 Å². The molecule has 2 N–H and O–H groups in total. The van der Waals surface area contributed by atoms with E-state index in [0.29, 0.717) is 18.1 Å². The van der Waals surface area contributed by atoms with Crippen molar-refractivity contribution in [1.82, 2.24) is 15.5 Å². The van der Waals surface area contributed by atoms with Gasteiger partial charge in [0.15, 0.2) is 0 Å². The highest BCUT2D eigenvalue weighted by molar-refractivity contribution is 6.31. The molecule has 29 heavy (non-hydrogen) atoms. The molecule has 3 rings (SSSR count). The summed E-state index contributed by atoms with van der Waals surface area (Å²) in [4.78, 5) is 26.8. The number of piperazine rings is 1. The summed E-state index contributed by atoms with van der Waals surface area (Å²) in [6.07, 6.45) is 0.212. The summed E-state index contributed by atoms with van der Waals surface area (Å²) in [6.45, 7) is 5.49. The van der Waals surface area contributed by atoms with E-state index in [4.69, 9.17) is 11.6 Å². The molecule has 2 amide bonds. The van der Waals surface area contributed by atoms with E-state index >= 15 is 0 Å². The maximum atomic E-state index is 13.2. The van der Waals surface area contributed by atoms with Crippen LogP contribution in [0.1, 0.15) is 42.1 Å². The Morgan fingerprint density at radius 2 is 1.90 bits per heavy atom. The van der Waals surface area contributed by atoms with Gasteiger partial charge in [0.2, 0.25) is 11.8 Å². The number of nitrogens with zero attached hydrogens (tertiary/aromatic N) is 1. The summed E-state index contributed by atoms with van der Waals surface area (Å²) in [5.74, 6) is -0.146. The van der Waals surface area contributed by atoms with Crippen molar-refractivity contribution in [1.29, 1.82) is 0 Å². The molecule has 156 valence electrons. The van der Waals surface area contributed by atoms with E-state index in [0.717, 1.165) is 23.2 Å². The van der Waals surface area contributed by atoms with Crippen LogP contribution in [-0.4, -0.2) is 36.3 Å². The number of hydrogen-bond acceptors (Lipinski definition) is 3. The summed E-state index contributed by atoms with van der Waals surface area (Å²) < 4.78 is 0. The second-order valence-corrected chi connectivity index (χ2v) is 7.60. The van der Waals surface area contributed by atoms with Gasteiger partial charge < -0.3 is 15.5 Å². The van der Waals surface area contributed by atoms with Crippen LogP contribution in [-0.2, 0) is 9.59 Å². The predicted octanol–water partition coefficient (Wildman–Crippen LogP) is 3.81. The average molecular weight is 436 g/mol. The molecule has 2 atom stereocenters. The van der Waals surface area contributed by atoms with Crippen molar-refractivity contribution >= 4 is 35.8 Å². The number of nitrogens with one attached hydrogen (secondary N) is 2. The molecule has 1 fully saturated rings. The molecule has 0 aromatic heterocycles. The molecule has 7 heteroatoms. The topological polar surface area (TPSA) is 61.4 Å². The maximum Gasteiger partial charge on any atom is 0.225 e. The Bertz CT molecular complexity index is 842. The van der Waals surface area contributed by atoms with Crippen molar-refractivity contribution in [2.75, 3.05) is 19.6 Å². The molecule has 5 nitrogen and oxygen atoms in total. The molecule has 0 saturated carbocycles. The molecule has 0 spiro atoms. The summed E-state index contributed by atoms with van der Waals surface area (Å²) in [5, 5.41) is 6.93. The van der Waals surface area contributed by atoms with Gasteiger partial charge in [0.25, 0.3) is 0 Å². The standard InChI is InChI=1S/C22H26ClN3O2.ClH/c1-15-7-9-17(10-8-15)20(25-16(2)27)13-22(28)26-12-11-24-14-21(26)18-5-3-4-6-19(18)23;/h3-10,20-21,24H,11-14H2,1-2H3,(H,25,27);1H. The molecule has 1 aliphatic heterocycles. The Balaban J connectivity index is 0.00000300. The molecule has 1 aliphatic rings. The third-order valence-corrected chi connectivity index (χ3v) is 5.41. The summed E-state index contributed by atoms with van der Waals surface area (Å²) in [6, 6.07) is 15.1. The molecular weight excluding hydrogens is 409 g/mol. The van der Waals surface area contributed by atoms with E-state index in [9.17, 15) is 9.59 Å². The van der Waals surface area contributed by atoms with Crippen molar-refractivity contribution in [3.05, 3.63) is 70.2 Å². The number of amides is 2. The van der Waals surface area contributed by atoms with Gasteiger partial charge in [-0.3, -0.25) is 9.59 Å². The first kappa shape index (κ1) is 23.2. The number of rotatable bonds is 5. The van der Waals surface area contributed by atoms with Crippen molar-refractivity contribution in [2.45, 2.75) is 32.4 Å². The zero-order chi connectivity index (χ0) is 20.1. The fourth-order valence-corrected chi connectivity index (χ4v) is 3.88. The summed E-state index contributed by atoms with van der Waals surface area (Å²) >= 11 is 6.39. The van der Waals surface area contributed by atoms with Crippen molar-refractivity contribution in [2.24, 2.45) is 0 Å². The molecule has 0 aliphatic carbocycles. The van der Waals surface area contributed by atoms with Crippen molar-refractivity contribution in [3.8, 4) is 0 Å². The van der Waals surface area contributed by atoms with Gasteiger partial charge in [0.05, 0.1) is 18.5 Å². The monoisotopic (exact) mass is 435 g/mol. The number of carbonyl (C=O) groups excluding carboxylic acids is 2. The minimum Gasteiger partial charge on any atom is -0.349 e. The number of benzene rings is 2. The SMILES string of the molecule is CC(=O)NC(CC(=O)N1CCNCC1c1ccccc1Cl)c1ccc(C)cc1.Cl. The normalized spacial score (nSPS) is 17.2. The maximum absolute atomic E-state index is 13.2. The van der Waals surface area contributed by atoms with Gasteiger partial charge in [0.1, 0.15) is 0 Å². The Morgan fingerprint density at radius 1 is 1.21 bits per heavy atom. The molecular formula is C22H27Cl2N3O2. The van der Waals surface area contributed by atoms with Crippen LogP contribution in [0.2, 0.25) is 5.02 Å². The molecule has 2 aromatic rings. The van der Waals surface area contributed by atoms with Gasteiger partial charge in [-0.2, -0.15) is 0 Å². The van der Waals surface area contributed by atoms with Gasteiger partial charge >= 0.3 is 0 Å². The van der Waals surface area contributed by atoms with Crippen LogP contribution in [0.25, 0.3) is 0 Å². The highest BCUT2D eigenvalue weighted by atomic mass is 35.5. The number of aryl methyl sites for hydroxylation is 1. The zero-order valence-electron chi connectivity index (χ0n) is 16.7. The van der Waals surface area contributed by atoms with Crippen LogP contribution >= 0.6 is 24.0 Å². The van der Waals surface area contributed by atoms with E-state index < -0.39 is 0 Å². The van der Waals surface area contributed by atoms with Gasteiger partial charge in [0, 0.05) is 31.6 Å². The molecule has 0 radical (unpaired) electrons. The first-order valence-electron chi connectivity index (χ1n) is 9.54. The lowest BCUT2D eigenvalue weighted by Crippen LogP contribution is -2.49. The Hall–Kier alpha value is -2.08. The van der Waals surface area contributed by atoms with Gasteiger partial charge in [-0.15, -0.1) is 12.4 Å². The Morgan fingerprint density at radius 3 is 2.55 bits per heavy atom. The van der Waals surface area contributed by atoms with Crippen LogP contribution in [0.5, 0.6) is 0 Å². The molecule has 1 saturated heterocycles. The number of halogens is 2. The van der Waals surface area contributed by atoms with Crippen LogP contribution in [0, 0.1) is 6.92 Å². The third-order valence-electron chi connectivity index (χ3n) is 5.06. The lowest BCUT2D eigenvalue weighted by Gasteiger charge is -2.37. The lowest BCUT2D eigenvalue weighted by atomic mass is 9.99. The van der Waals surface area contributed by atoms with Crippen LogP contribution in [0.15, 0.2) is 48.5 Å². The minimum absolute atomic E-state index is 0. The van der Waals surface area contributed by atoms with Gasteiger partial charge in [-0.05, 0) is 24.1 Å². The Kier molecular flexibility index (Phi) is 8.50. The van der Waals surface area contributed by atoms with E-state index in [-0.39, 0.29) is 42.7 Å². The predicted molar refractivity (Wildman–Crippen MR) is 118 cm³/mol. The lowest BCUT2D eigenvalue weighted by molar-refractivity contribution is -0.135. The fourth-order valence-electron chi connectivity index (χ4n) is 3.61. The van der Waals surface area contributed by atoms with E-state index in [1.165, 1.54) is 6.92 Å². The molecule has 2 unspecified atom stereocenters. The number of carbonyl (C=O) groups is 2. The average Bonchev–Trinajstić information content (AvgIpc) is 2.68. The van der Waals surface area contributed by atoms with Gasteiger partial charge in [-0.1, -0.05) is 59.6 Å². The van der Waals surface area contributed by atoms with E-state index in [1.54, 1.807) is 0 Å². The Labute approximate surface area is 183 Å². The van der Waals surface area contributed by atoms with Crippen molar-refractivity contribution < 1.29 is 9.59 Å². The van der Waals surface area contributed by atoms with Gasteiger partial charge in [-0.25, -0.2) is 0 Å². The largest absolute Gasteiger partial charge is 0.349 e. The summed E-state index contributed by atoms with van der Waals surface area (Å²) in [7, 11) is 0. The van der Waals surface area contributed by atoms with Crippen LogP contribution < -0.4 is 10.6 Å². The fraction of sp³-hybridized carbons (Fsp3) is 0.364. The van der Waals surface area contributed by atoms with E-state index in [2.05, 4.69) is 10.6 Å². The minimum atomic E-state index is -0.354. The highest BCUT2D eigenvalue weighted by Gasteiger charge is 2.30. The highest BCUT2D eigenvalue weighted by Crippen LogP contribution is 2.30. The number of hydrogen-bond donors (Lipinski definition) is 2. The second-order valence-electron chi connectivity index (χ2n) is 7.20. The third kappa shape index (κ3) is 5.95.